The molecule has 2 aromatic rings. The second-order valence-electron chi connectivity index (χ2n) is 4.97. The van der Waals surface area contributed by atoms with Crippen molar-refractivity contribution in [1.29, 1.82) is 0 Å². The Labute approximate surface area is 127 Å². The van der Waals surface area contributed by atoms with Crippen LogP contribution in [0.25, 0.3) is 0 Å². The number of nitrogens with one attached hydrogen (secondary N) is 2. The maximum atomic E-state index is 11.9. The number of carbonyl (C=O) groups excluding carboxylic acids is 1. The number of nitrogens with zero attached hydrogens (tertiary/aromatic N) is 2. The standard InChI is InChI=1S/C14H20N4O2S/c1-10-13(8-18(2)17-10)16-14(20)15-7-11(9-19)6-12-4-3-5-21-12/h3-5,8,11,19H,6-7,9H2,1-2H3,(H2,15,16,20)/t11-/m1/s1. The van der Waals surface area contributed by atoms with Crippen LogP contribution in [0.15, 0.2) is 23.7 Å². The maximum Gasteiger partial charge on any atom is 0.319 e. The van der Waals surface area contributed by atoms with Gasteiger partial charge in [-0.05, 0) is 24.8 Å². The van der Waals surface area contributed by atoms with Gasteiger partial charge in [0, 0.05) is 37.2 Å². The predicted molar refractivity (Wildman–Crippen MR) is 83.6 cm³/mol. The fraction of sp³-hybridized carbons (Fsp3) is 0.429. The third kappa shape index (κ3) is 4.57. The first-order valence-electron chi connectivity index (χ1n) is 6.77. The number of thiophene rings is 1. The Balaban J connectivity index is 1.80. The summed E-state index contributed by atoms with van der Waals surface area (Å²) in [7, 11) is 1.80. The Morgan fingerprint density at radius 1 is 1.57 bits per heavy atom. The minimum absolute atomic E-state index is 0.0180. The molecule has 0 aromatic carbocycles. The van der Waals surface area contributed by atoms with Gasteiger partial charge in [-0.15, -0.1) is 11.3 Å². The van der Waals surface area contributed by atoms with E-state index in [0.29, 0.717) is 12.2 Å². The summed E-state index contributed by atoms with van der Waals surface area (Å²) in [5, 5.41) is 21.1. The molecule has 21 heavy (non-hydrogen) atoms. The monoisotopic (exact) mass is 308 g/mol. The van der Waals surface area contributed by atoms with Gasteiger partial charge >= 0.3 is 6.03 Å². The van der Waals surface area contributed by atoms with E-state index < -0.39 is 0 Å². The predicted octanol–water partition coefficient (Wildman–Crippen LogP) is 1.76. The van der Waals surface area contributed by atoms with Crippen LogP contribution in [0.2, 0.25) is 0 Å². The van der Waals surface area contributed by atoms with Crippen LogP contribution in [0.4, 0.5) is 10.5 Å². The molecule has 2 amide bonds. The highest BCUT2D eigenvalue weighted by molar-refractivity contribution is 7.09. The Morgan fingerprint density at radius 2 is 2.38 bits per heavy atom. The maximum absolute atomic E-state index is 11.9. The van der Waals surface area contributed by atoms with E-state index in [9.17, 15) is 9.90 Å². The number of hydrogen-bond acceptors (Lipinski definition) is 4. The minimum Gasteiger partial charge on any atom is -0.396 e. The van der Waals surface area contributed by atoms with Crippen LogP contribution in [-0.2, 0) is 13.5 Å². The van der Waals surface area contributed by atoms with Crippen molar-refractivity contribution in [3.8, 4) is 0 Å². The molecule has 2 heterocycles. The molecule has 6 nitrogen and oxygen atoms in total. The number of carbonyl (C=O) groups is 1. The van der Waals surface area contributed by atoms with Crippen molar-refractivity contribution in [2.45, 2.75) is 13.3 Å². The number of aryl methyl sites for hydroxylation is 2. The molecule has 0 saturated heterocycles. The summed E-state index contributed by atoms with van der Waals surface area (Å²) in [5.41, 5.74) is 1.46. The molecule has 0 aliphatic carbocycles. The van der Waals surface area contributed by atoms with E-state index >= 15 is 0 Å². The molecule has 0 saturated carbocycles. The first kappa shape index (κ1) is 15.5. The van der Waals surface area contributed by atoms with Crippen LogP contribution in [0.5, 0.6) is 0 Å². The summed E-state index contributed by atoms with van der Waals surface area (Å²) < 4.78 is 1.65. The number of hydrogen-bond donors (Lipinski definition) is 3. The molecule has 3 N–H and O–H groups in total. The highest BCUT2D eigenvalue weighted by Crippen LogP contribution is 2.14. The van der Waals surface area contributed by atoms with E-state index in [4.69, 9.17) is 0 Å². The number of rotatable bonds is 6. The van der Waals surface area contributed by atoms with E-state index in [1.165, 1.54) is 4.88 Å². The highest BCUT2D eigenvalue weighted by Gasteiger charge is 2.12. The van der Waals surface area contributed by atoms with Crippen molar-refractivity contribution in [3.05, 3.63) is 34.3 Å². The van der Waals surface area contributed by atoms with Gasteiger partial charge in [-0.25, -0.2) is 4.79 Å². The van der Waals surface area contributed by atoms with E-state index in [1.54, 1.807) is 29.3 Å². The van der Waals surface area contributed by atoms with Crippen LogP contribution in [0.1, 0.15) is 10.6 Å². The lowest BCUT2D eigenvalue weighted by atomic mass is 10.1. The van der Waals surface area contributed by atoms with Gasteiger partial charge in [0.15, 0.2) is 0 Å². The average Bonchev–Trinajstić information content (AvgIpc) is 3.05. The molecule has 114 valence electrons. The van der Waals surface area contributed by atoms with Crippen LogP contribution >= 0.6 is 11.3 Å². The van der Waals surface area contributed by atoms with Crippen molar-refractivity contribution >= 4 is 23.1 Å². The van der Waals surface area contributed by atoms with Crippen LogP contribution in [0, 0.1) is 12.8 Å². The number of amides is 2. The van der Waals surface area contributed by atoms with Crippen molar-refractivity contribution in [2.24, 2.45) is 13.0 Å². The fourth-order valence-electron chi connectivity index (χ4n) is 2.04. The van der Waals surface area contributed by atoms with Crippen molar-refractivity contribution in [1.82, 2.24) is 15.1 Å². The van der Waals surface area contributed by atoms with Gasteiger partial charge in [-0.2, -0.15) is 5.10 Å². The molecule has 7 heteroatoms. The molecule has 0 radical (unpaired) electrons. The molecule has 0 aliphatic rings. The van der Waals surface area contributed by atoms with Crippen LogP contribution < -0.4 is 10.6 Å². The van der Waals surface area contributed by atoms with Gasteiger partial charge < -0.3 is 15.7 Å². The molecular weight excluding hydrogens is 288 g/mol. The fourth-order valence-corrected chi connectivity index (χ4v) is 2.86. The second kappa shape index (κ2) is 7.24. The number of aromatic nitrogens is 2. The highest BCUT2D eigenvalue weighted by atomic mass is 32.1. The Hall–Kier alpha value is -1.86. The molecule has 2 aromatic heterocycles. The van der Waals surface area contributed by atoms with Gasteiger partial charge in [0.05, 0.1) is 11.4 Å². The van der Waals surface area contributed by atoms with E-state index in [-0.39, 0.29) is 18.6 Å². The summed E-state index contributed by atoms with van der Waals surface area (Å²) in [6.45, 7) is 2.31. The van der Waals surface area contributed by atoms with E-state index in [0.717, 1.165) is 12.1 Å². The molecule has 0 spiro atoms. The van der Waals surface area contributed by atoms with E-state index in [1.807, 2.05) is 24.4 Å². The van der Waals surface area contributed by atoms with Crippen LogP contribution in [-0.4, -0.2) is 34.1 Å². The number of urea groups is 1. The first-order chi connectivity index (χ1) is 10.1. The average molecular weight is 308 g/mol. The summed E-state index contributed by atoms with van der Waals surface area (Å²) in [5.74, 6) is 0.0180. The zero-order valence-electron chi connectivity index (χ0n) is 12.2. The largest absolute Gasteiger partial charge is 0.396 e. The SMILES string of the molecule is Cc1nn(C)cc1NC(=O)NC[C@H](CO)Cc1cccs1. The van der Waals surface area contributed by atoms with Gasteiger partial charge in [0.1, 0.15) is 0 Å². The lowest BCUT2D eigenvalue weighted by molar-refractivity contribution is 0.218. The zero-order chi connectivity index (χ0) is 15.2. The minimum atomic E-state index is -0.282. The molecule has 0 fully saturated rings. The number of aliphatic hydroxyl groups is 1. The summed E-state index contributed by atoms with van der Waals surface area (Å²) in [4.78, 5) is 13.1. The molecule has 1 atom stereocenters. The summed E-state index contributed by atoms with van der Waals surface area (Å²) >= 11 is 1.66. The number of anilines is 1. The molecule has 0 bridgehead atoms. The van der Waals surface area contributed by atoms with Crippen molar-refractivity contribution in [3.63, 3.8) is 0 Å². The summed E-state index contributed by atoms with van der Waals surface area (Å²) in [6.07, 6.45) is 2.52. The number of aliphatic hydroxyl groups excluding tert-OH is 1. The van der Waals surface area contributed by atoms with E-state index in [2.05, 4.69) is 15.7 Å². The van der Waals surface area contributed by atoms with Gasteiger partial charge in [-0.3, -0.25) is 4.68 Å². The second-order valence-corrected chi connectivity index (χ2v) is 6.00. The van der Waals surface area contributed by atoms with Gasteiger partial charge in [-0.1, -0.05) is 6.07 Å². The first-order valence-corrected chi connectivity index (χ1v) is 7.64. The Morgan fingerprint density at radius 3 is 2.95 bits per heavy atom. The molecular formula is C14H20N4O2S. The Kier molecular flexibility index (Phi) is 5.35. The summed E-state index contributed by atoms with van der Waals surface area (Å²) in [6, 6.07) is 3.74. The third-order valence-electron chi connectivity index (χ3n) is 3.14. The normalized spacial score (nSPS) is 12.1. The quantitative estimate of drug-likeness (QED) is 0.761. The van der Waals surface area contributed by atoms with Crippen LogP contribution in [0.3, 0.4) is 0 Å². The van der Waals surface area contributed by atoms with Crippen molar-refractivity contribution in [2.75, 3.05) is 18.5 Å². The van der Waals surface area contributed by atoms with Gasteiger partial charge in [0.25, 0.3) is 0 Å². The topological polar surface area (TPSA) is 79.2 Å². The smallest absolute Gasteiger partial charge is 0.319 e. The zero-order valence-corrected chi connectivity index (χ0v) is 13.0. The lowest BCUT2D eigenvalue weighted by Crippen LogP contribution is -2.34. The van der Waals surface area contributed by atoms with Gasteiger partial charge in [0.2, 0.25) is 0 Å². The third-order valence-corrected chi connectivity index (χ3v) is 4.04. The van der Waals surface area contributed by atoms with Crippen molar-refractivity contribution < 1.29 is 9.90 Å². The molecule has 0 unspecified atom stereocenters. The molecule has 0 aliphatic heterocycles. The molecule has 2 rings (SSSR count). The Bertz CT molecular complexity index is 580. The lowest BCUT2D eigenvalue weighted by Gasteiger charge is -2.14.